The van der Waals surface area contributed by atoms with Gasteiger partial charge in [-0.2, -0.15) is 0 Å². The van der Waals surface area contributed by atoms with Crippen LogP contribution in [-0.2, 0) is 14.9 Å². The summed E-state index contributed by atoms with van der Waals surface area (Å²) >= 11 is 13.5. The molecule has 0 spiro atoms. The van der Waals surface area contributed by atoms with Crippen LogP contribution in [0.15, 0.2) is 84.9 Å². The van der Waals surface area contributed by atoms with E-state index < -0.39 is 5.41 Å². The van der Waals surface area contributed by atoms with Gasteiger partial charge in [0, 0.05) is 11.5 Å². The van der Waals surface area contributed by atoms with Crippen molar-refractivity contribution in [1.82, 2.24) is 0 Å². The highest BCUT2D eigenvalue weighted by Gasteiger charge is 2.46. The Morgan fingerprint density at radius 1 is 0.674 bits per heavy atom. The summed E-state index contributed by atoms with van der Waals surface area (Å²) in [4.78, 5) is 0. The lowest BCUT2D eigenvalue weighted by molar-refractivity contribution is 0.150. The third-order valence-corrected chi connectivity index (χ3v) is 11.0. The van der Waals surface area contributed by atoms with Gasteiger partial charge in [-0.1, -0.05) is 96.3 Å². The Bertz CT molecular complexity index is 1610. The molecule has 43 heavy (non-hydrogen) atoms. The Morgan fingerprint density at radius 3 is 1.51 bits per heavy atom. The van der Waals surface area contributed by atoms with Crippen LogP contribution in [0.5, 0.6) is 11.5 Å². The number of aryl methyl sites for hydroxylation is 2. The molecule has 2 fully saturated rings. The maximum Gasteiger partial charge on any atom is 0.220 e. The average molecular weight is 643 g/mol. The summed E-state index contributed by atoms with van der Waals surface area (Å²) in [6.45, 7) is 5.18. The molecule has 1 aliphatic carbocycles. The molecule has 7 rings (SSSR count). The summed E-state index contributed by atoms with van der Waals surface area (Å²) in [5.41, 5.74) is 9.10. The van der Waals surface area contributed by atoms with E-state index in [0.717, 1.165) is 34.1 Å². The van der Waals surface area contributed by atoms with E-state index in [4.69, 9.17) is 43.4 Å². The Hall–Kier alpha value is -3.04. The van der Waals surface area contributed by atoms with Crippen molar-refractivity contribution < 1.29 is 18.9 Å². The fourth-order valence-corrected chi connectivity index (χ4v) is 8.43. The van der Waals surface area contributed by atoms with Crippen molar-refractivity contribution in [2.24, 2.45) is 0 Å². The van der Waals surface area contributed by atoms with Gasteiger partial charge in [0.15, 0.2) is 0 Å². The molecule has 2 heterocycles. The first-order valence-electron chi connectivity index (χ1n) is 14.3. The Balaban J connectivity index is 1.30. The van der Waals surface area contributed by atoms with Gasteiger partial charge in [0.2, 0.25) is 8.77 Å². The number of benzene rings is 4. The minimum Gasteiger partial charge on any atom is -0.489 e. The van der Waals surface area contributed by atoms with Crippen LogP contribution in [0.25, 0.3) is 11.1 Å². The van der Waals surface area contributed by atoms with Crippen LogP contribution in [0, 0.1) is 13.8 Å². The van der Waals surface area contributed by atoms with E-state index in [-0.39, 0.29) is 12.2 Å². The first kappa shape index (κ1) is 28.7. The second-order valence-corrected chi connectivity index (χ2v) is 14.3. The quantitative estimate of drug-likeness (QED) is 0.157. The van der Waals surface area contributed by atoms with E-state index >= 15 is 0 Å². The van der Waals surface area contributed by atoms with Crippen LogP contribution in [0.3, 0.4) is 0 Å². The van der Waals surface area contributed by atoms with Crippen molar-refractivity contribution in [1.29, 1.82) is 0 Å². The maximum atomic E-state index is 6.24. The van der Waals surface area contributed by atoms with Crippen molar-refractivity contribution in [3.05, 3.63) is 118 Å². The number of hydrogen-bond donors (Lipinski definition) is 0. The zero-order valence-electron chi connectivity index (χ0n) is 23.8. The van der Waals surface area contributed by atoms with Crippen LogP contribution in [0.4, 0.5) is 0 Å². The van der Waals surface area contributed by atoms with Crippen molar-refractivity contribution in [3.8, 4) is 22.6 Å². The molecule has 8 heteroatoms. The topological polar surface area (TPSA) is 36.9 Å². The number of hydrogen-bond acceptors (Lipinski definition) is 8. The highest BCUT2D eigenvalue weighted by atomic mass is 32.2. The van der Waals surface area contributed by atoms with E-state index in [0.29, 0.717) is 22.0 Å². The third kappa shape index (κ3) is 5.22. The Kier molecular flexibility index (Phi) is 7.88. The molecule has 0 aromatic heterocycles. The highest BCUT2D eigenvalue weighted by Crippen LogP contribution is 2.56. The predicted octanol–water partition coefficient (Wildman–Crippen LogP) is 8.26. The first-order valence-corrected chi connectivity index (χ1v) is 17.1. The molecule has 4 aromatic carbocycles. The third-order valence-electron chi connectivity index (χ3n) is 8.32. The standard InChI is InChI=1S/C35H30O4S4/c1-21-15-23(11-13-31(21)36-17-25-19-42-33(40)38-25)35(29-9-5-3-7-27(29)28-8-4-6-10-30(28)35)24-12-14-32(22(2)16-24)37-18-26-20-43-34(41)39-26/h3-16,25-26H,17-20H2,1-2H3. The largest absolute Gasteiger partial charge is 0.489 e. The van der Waals surface area contributed by atoms with E-state index in [1.54, 1.807) is 23.5 Å². The lowest BCUT2D eigenvalue weighted by Gasteiger charge is -2.34. The molecule has 2 aliphatic heterocycles. The van der Waals surface area contributed by atoms with Gasteiger partial charge in [0.25, 0.3) is 0 Å². The van der Waals surface area contributed by atoms with Crippen LogP contribution < -0.4 is 9.47 Å². The monoisotopic (exact) mass is 642 g/mol. The van der Waals surface area contributed by atoms with Crippen LogP contribution >= 0.6 is 48.0 Å². The minimum atomic E-state index is -0.505. The summed E-state index contributed by atoms with van der Waals surface area (Å²) in [7, 11) is 0. The van der Waals surface area contributed by atoms with Gasteiger partial charge in [-0.3, -0.25) is 0 Å². The lowest BCUT2D eigenvalue weighted by atomic mass is 9.67. The van der Waals surface area contributed by atoms with Gasteiger partial charge in [0.1, 0.15) is 36.9 Å². The molecular weight excluding hydrogens is 613 g/mol. The molecule has 2 atom stereocenters. The molecule has 0 bridgehead atoms. The predicted molar refractivity (Wildman–Crippen MR) is 184 cm³/mol. The van der Waals surface area contributed by atoms with Crippen molar-refractivity contribution in [2.45, 2.75) is 31.5 Å². The molecule has 4 nitrogen and oxygen atoms in total. The van der Waals surface area contributed by atoms with E-state index in [9.17, 15) is 0 Å². The molecule has 3 aliphatic rings. The number of rotatable bonds is 8. The molecule has 0 saturated carbocycles. The molecule has 0 radical (unpaired) electrons. The number of thiocarbonyl (C=S) groups is 2. The zero-order chi connectivity index (χ0) is 29.6. The summed E-state index contributed by atoms with van der Waals surface area (Å²) in [6.07, 6.45) is -0.0356. The van der Waals surface area contributed by atoms with Crippen molar-refractivity contribution >= 4 is 56.7 Å². The maximum absolute atomic E-state index is 6.24. The molecule has 2 unspecified atom stereocenters. The van der Waals surface area contributed by atoms with Crippen molar-refractivity contribution in [3.63, 3.8) is 0 Å². The summed E-state index contributed by atoms with van der Waals surface area (Å²) in [5.74, 6) is 3.37. The summed E-state index contributed by atoms with van der Waals surface area (Å²) in [6, 6.07) is 30.7. The van der Waals surface area contributed by atoms with E-state index in [1.165, 1.54) is 33.4 Å². The molecule has 0 amide bonds. The summed E-state index contributed by atoms with van der Waals surface area (Å²) < 4.78 is 25.1. The smallest absolute Gasteiger partial charge is 0.220 e. The molecule has 2 saturated heterocycles. The molecule has 218 valence electrons. The van der Waals surface area contributed by atoms with Gasteiger partial charge in [-0.25, -0.2) is 0 Å². The molecule has 4 aromatic rings. The van der Waals surface area contributed by atoms with E-state index in [1.807, 2.05) is 0 Å². The van der Waals surface area contributed by atoms with E-state index in [2.05, 4.69) is 98.8 Å². The molecular formula is C35H30O4S4. The van der Waals surface area contributed by atoms with Crippen molar-refractivity contribution in [2.75, 3.05) is 24.7 Å². The van der Waals surface area contributed by atoms with Crippen LogP contribution in [0.2, 0.25) is 0 Å². The first-order chi connectivity index (χ1) is 20.9. The number of ether oxygens (including phenoxy) is 4. The Morgan fingerprint density at radius 2 is 1.12 bits per heavy atom. The van der Waals surface area contributed by atoms with Gasteiger partial charge in [-0.05, 0) is 94.9 Å². The Labute approximate surface area is 271 Å². The second kappa shape index (κ2) is 11.8. The number of fused-ring (bicyclic) bond motifs is 3. The van der Waals surface area contributed by atoms with Crippen LogP contribution in [-0.4, -0.2) is 45.7 Å². The zero-order valence-corrected chi connectivity index (χ0v) is 27.1. The van der Waals surface area contributed by atoms with Gasteiger partial charge in [0.05, 0.1) is 5.41 Å². The van der Waals surface area contributed by atoms with Gasteiger partial charge < -0.3 is 18.9 Å². The lowest BCUT2D eigenvalue weighted by Crippen LogP contribution is -2.29. The van der Waals surface area contributed by atoms with Crippen LogP contribution in [0.1, 0.15) is 33.4 Å². The molecule has 0 N–H and O–H groups in total. The fourth-order valence-electron chi connectivity index (χ4n) is 6.37. The normalized spacial score (nSPS) is 19.9. The minimum absolute atomic E-state index is 0.0178. The highest BCUT2D eigenvalue weighted by molar-refractivity contribution is 8.23. The number of thioether (sulfide) groups is 2. The second-order valence-electron chi connectivity index (χ2n) is 11.0. The fraction of sp³-hybridized carbons (Fsp3) is 0.257. The SMILES string of the molecule is Cc1cc(C2(c3ccc(OCC4CSC(=S)O4)c(C)c3)c3ccccc3-c3ccccc32)ccc1OCC1CSC(=S)O1. The average Bonchev–Trinajstić information content (AvgIpc) is 3.71. The van der Waals surface area contributed by atoms with Gasteiger partial charge in [-0.15, -0.1) is 0 Å². The van der Waals surface area contributed by atoms with Gasteiger partial charge >= 0.3 is 0 Å². The summed E-state index contributed by atoms with van der Waals surface area (Å²) in [5, 5.41) is 0.